The van der Waals surface area contributed by atoms with Gasteiger partial charge in [0.05, 0.1) is 13.0 Å². The maximum Gasteiger partial charge on any atom is 0.309 e. The van der Waals surface area contributed by atoms with Gasteiger partial charge in [0.15, 0.2) is 0 Å². The molecule has 4 aliphatic rings. The van der Waals surface area contributed by atoms with Crippen LogP contribution in [0, 0.1) is 40.4 Å². The third-order valence-electron chi connectivity index (χ3n) is 9.08. The van der Waals surface area contributed by atoms with Crippen molar-refractivity contribution in [3.63, 3.8) is 0 Å². The van der Waals surface area contributed by atoms with Crippen LogP contribution in [0.3, 0.4) is 0 Å². The second-order valence-corrected chi connectivity index (χ2v) is 9.49. The van der Waals surface area contributed by atoms with Gasteiger partial charge in [-0.25, -0.2) is 0 Å². The number of hydrogen-bond donors (Lipinski definition) is 1. The lowest BCUT2D eigenvalue weighted by Crippen LogP contribution is -2.55. The summed E-state index contributed by atoms with van der Waals surface area (Å²) in [5.74, 6) is 2.84. The van der Waals surface area contributed by atoms with Gasteiger partial charge in [-0.15, -0.1) is 0 Å². The average molecular weight is 335 g/mol. The summed E-state index contributed by atoms with van der Waals surface area (Å²) in [5, 5.41) is 10.3. The Balaban J connectivity index is 1.64. The van der Waals surface area contributed by atoms with Crippen LogP contribution in [0.5, 0.6) is 0 Å². The van der Waals surface area contributed by atoms with Crippen molar-refractivity contribution in [3.05, 3.63) is 0 Å². The number of aliphatic hydroxyl groups excluding tert-OH is 1. The van der Waals surface area contributed by atoms with E-state index in [0.717, 1.165) is 37.0 Å². The summed E-state index contributed by atoms with van der Waals surface area (Å²) in [4.78, 5) is 12.4. The van der Waals surface area contributed by atoms with Crippen LogP contribution >= 0.6 is 0 Å². The highest BCUT2D eigenvalue weighted by molar-refractivity contribution is 5.74. The molecule has 4 rings (SSSR count). The zero-order chi connectivity index (χ0) is 16.9. The highest BCUT2D eigenvalue weighted by atomic mass is 16.5. The van der Waals surface area contributed by atoms with E-state index < -0.39 is 0 Å². The monoisotopic (exact) mass is 334 g/mol. The molecule has 2 unspecified atom stereocenters. The van der Waals surface area contributed by atoms with Gasteiger partial charge in [-0.1, -0.05) is 19.8 Å². The Morgan fingerprint density at radius 2 is 1.88 bits per heavy atom. The number of methoxy groups -OCH3 is 1. The second-order valence-electron chi connectivity index (χ2n) is 9.49. The van der Waals surface area contributed by atoms with Crippen molar-refractivity contribution in [1.82, 2.24) is 0 Å². The van der Waals surface area contributed by atoms with Crippen LogP contribution in [0.4, 0.5) is 0 Å². The summed E-state index contributed by atoms with van der Waals surface area (Å²) in [6.07, 6.45) is 12.6. The number of rotatable bonds is 2. The summed E-state index contributed by atoms with van der Waals surface area (Å²) in [5.41, 5.74) is 0.332. The third-order valence-corrected chi connectivity index (χ3v) is 9.08. The minimum atomic E-state index is -0.188. The van der Waals surface area contributed by atoms with Crippen LogP contribution in [0.2, 0.25) is 0 Å². The topological polar surface area (TPSA) is 46.5 Å². The van der Waals surface area contributed by atoms with Crippen LogP contribution in [0.25, 0.3) is 0 Å². The predicted molar refractivity (Wildman–Crippen MR) is 93.3 cm³/mol. The van der Waals surface area contributed by atoms with Gasteiger partial charge in [-0.05, 0) is 80.5 Å². The van der Waals surface area contributed by atoms with E-state index in [4.69, 9.17) is 4.74 Å². The number of carbonyl (C=O) groups excluding carboxylic acids is 1. The Labute approximate surface area is 146 Å². The Hall–Kier alpha value is -0.570. The van der Waals surface area contributed by atoms with Gasteiger partial charge in [0.1, 0.15) is 0 Å². The first-order valence-corrected chi connectivity index (χ1v) is 10.3. The fourth-order valence-electron chi connectivity index (χ4n) is 7.91. The molecule has 0 saturated heterocycles. The number of ether oxygens (including phenoxy) is 1. The lowest BCUT2D eigenvalue weighted by molar-refractivity contribution is -0.161. The predicted octanol–water partition coefficient (Wildman–Crippen LogP) is 4.18. The molecule has 1 N–H and O–H groups in total. The number of hydrogen-bond acceptors (Lipinski definition) is 3. The van der Waals surface area contributed by atoms with Gasteiger partial charge in [0.2, 0.25) is 0 Å². The second kappa shape index (κ2) is 6.00. The molecule has 0 spiro atoms. The van der Waals surface area contributed by atoms with Crippen molar-refractivity contribution in [2.24, 2.45) is 40.4 Å². The minimum absolute atomic E-state index is 0.0738. The largest absolute Gasteiger partial charge is 0.469 e. The van der Waals surface area contributed by atoms with E-state index in [1.807, 2.05) is 0 Å². The molecule has 0 aromatic carbocycles. The molecule has 0 bridgehead atoms. The van der Waals surface area contributed by atoms with E-state index in [1.54, 1.807) is 0 Å². The Kier molecular flexibility index (Phi) is 4.22. The molecule has 0 aliphatic heterocycles. The molecular formula is C21H34O3. The van der Waals surface area contributed by atoms with E-state index in [-0.39, 0.29) is 23.9 Å². The molecule has 4 fully saturated rings. The van der Waals surface area contributed by atoms with Crippen LogP contribution < -0.4 is 0 Å². The Morgan fingerprint density at radius 1 is 1.04 bits per heavy atom. The summed E-state index contributed by atoms with van der Waals surface area (Å²) in [6.45, 7) is 2.74. The smallest absolute Gasteiger partial charge is 0.309 e. The Bertz CT molecular complexity index is 503. The molecule has 3 nitrogen and oxygen atoms in total. The fourth-order valence-corrected chi connectivity index (χ4v) is 7.91. The molecule has 0 radical (unpaired) electrons. The minimum Gasteiger partial charge on any atom is -0.469 e. The van der Waals surface area contributed by atoms with Crippen LogP contribution in [-0.4, -0.2) is 24.8 Å². The average Bonchev–Trinajstić information content (AvgIpc) is 3.00. The molecule has 0 amide bonds. The summed E-state index contributed by atoms with van der Waals surface area (Å²) >= 11 is 0. The zero-order valence-corrected chi connectivity index (χ0v) is 15.4. The normalized spacial score (nSPS) is 50.5. The van der Waals surface area contributed by atoms with Crippen LogP contribution in [-0.2, 0) is 9.53 Å². The Morgan fingerprint density at radius 3 is 2.62 bits per heavy atom. The van der Waals surface area contributed by atoms with Crippen LogP contribution in [0.15, 0.2) is 0 Å². The van der Waals surface area contributed by atoms with Crippen molar-refractivity contribution < 1.29 is 14.6 Å². The maximum atomic E-state index is 12.4. The number of carbonyl (C=O) groups is 1. The zero-order valence-electron chi connectivity index (χ0n) is 15.4. The molecule has 4 saturated carbocycles. The van der Waals surface area contributed by atoms with Gasteiger partial charge in [-0.2, -0.15) is 0 Å². The van der Waals surface area contributed by atoms with E-state index in [0.29, 0.717) is 11.3 Å². The lowest BCUT2D eigenvalue weighted by atomic mass is 9.44. The number of esters is 1. The molecule has 136 valence electrons. The van der Waals surface area contributed by atoms with Crippen molar-refractivity contribution in [2.45, 2.75) is 71.1 Å². The van der Waals surface area contributed by atoms with Gasteiger partial charge in [0.25, 0.3) is 0 Å². The maximum absolute atomic E-state index is 12.4. The quantitative estimate of drug-likeness (QED) is 0.771. The van der Waals surface area contributed by atoms with Crippen LogP contribution in [0.1, 0.15) is 71.1 Å². The van der Waals surface area contributed by atoms with Crippen molar-refractivity contribution in [1.29, 1.82) is 0 Å². The third kappa shape index (κ3) is 2.15. The van der Waals surface area contributed by atoms with E-state index in [2.05, 4.69) is 6.92 Å². The first-order valence-electron chi connectivity index (χ1n) is 10.3. The fraction of sp³-hybridized carbons (Fsp3) is 0.952. The molecule has 24 heavy (non-hydrogen) atoms. The number of aliphatic hydroxyl groups is 1. The summed E-state index contributed by atoms with van der Waals surface area (Å²) in [7, 11) is 1.50. The molecule has 0 aromatic rings. The van der Waals surface area contributed by atoms with Crippen molar-refractivity contribution >= 4 is 5.97 Å². The standard InChI is InChI=1S/C21H34O3/c1-20-11-4-3-5-14(20)6-7-15-16(20)10-12-21(13-22)17(15)8-9-18(21)19(23)24-2/h14-18,22H,3-13H2,1-2H3/t14?,15-,16+,17+,18?,20+,21-/m1/s1. The summed E-state index contributed by atoms with van der Waals surface area (Å²) < 4.78 is 5.10. The molecule has 7 atom stereocenters. The molecule has 0 aromatic heterocycles. The van der Waals surface area contributed by atoms with Gasteiger partial charge in [-0.3, -0.25) is 4.79 Å². The number of fused-ring (bicyclic) bond motifs is 5. The molecular weight excluding hydrogens is 300 g/mol. The summed E-state index contributed by atoms with van der Waals surface area (Å²) in [6, 6.07) is 0. The SMILES string of the molecule is COC(=O)C1CC[C@H]2[C@@H]3CCC4CCCC[C@]4(C)[C@H]3CC[C@]12CO. The highest BCUT2D eigenvalue weighted by Gasteiger charge is 2.62. The molecule has 0 heterocycles. The first kappa shape index (κ1) is 16.9. The van der Waals surface area contributed by atoms with E-state index in [1.165, 1.54) is 52.1 Å². The molecule has 3 heteroatoms. The first-order chi connectivity index (χ1) is 11.6. The van der Waals surface area contributed by atoms with Crippen molar-refractivity contribution in [2.75, 3.05) is 13.7 Å². The van der Waals surface area contributed by atoms with Crippen molar-refractivity contribution in [3.8, 4) is 0 Å². The molecule has 4 aliphatic carbocycles. The highest BCUT2D eigenvalue weighted by Crippen LogP contribution is 2.67. The van der Waals surface area contributed by atoms with E-state index in [9.17, 15) is 9.90 Å². The van der Waals surface area contributed by atoms with Gasteiger partial charge >= 0.3 is 5.97 Å². The van der Waals surface area contributed by atoms with Gasteiger partial charge in [0, 0.05) is 12.0 Å². The van der Waals surface area contributed by atoms with Gasteiger partial charge < -0.3 is 9.84 Å². The lowest BCUT2D eigenvalue weighted by Gasteiger charge is -2.60. The van der Waals surface area contributed by atoms with E-state index >= 15 is 0 Å².